The van der Waals surface area contributed by atoms with Crippen LogP contribution in [0.4, 0.5) is 4.39 Å². The fourth-order valence-corrected chi connectivity index (χ4v) is 3.04. The molecule has 0 aliphatic rings. The zero-order valence-electron chi connectivity index (χ0n) is 9.64. The molecule has 0 bridgehead atoms. The van der Waals surface area contributed by atoms with Gasteiger partial charge in [-0.25, -0.2) is 9.37 Å². The average Bonchev–Trinajstić information content (AvgIpc) is 2.93. The Balaban J connectivity index is 1.88. The third-order valence-corrected chi connectivity index (χ3v) is 4.31. The van der Waals surface area contributed by atoms with E-state index in [1.54, 1.807) is 6.07 Å². The van der Waals surface area contributed by atoms with Crippen molar-refractivity contribution < 1.29 is 9.18 Å². The van der Waals surface area contributed by atoms with E-state index >= 15 is 0 Å². The van der Waals surface area contributed by atoms with Crippen molar-refractivity contribution in [3.8, 4) is 0 Å². The lowest BCUT2D eigenvalue weighted by molar-refractivity contribution is 0.0991. The maximum Gasteiger partial charge on any atom is 0.193 e. The van der Waals surface area contributed by atoms with Crippen LogP contribution in [0.2, 0.25) is 0 Å². The molecule has 3 nitrogen and oxygen atoms in total. The van der Waals surface area contributed by atoms with E-state index in [0.717, 1.165) is 4.96 Å². The second-order valence-electron chi connectivity index (χ2n) is 4.03. The van der Waals surface area contributed by atoms with Crippen molar-refractivity contribution in [1.29, 1.82) is 0 Å². The van der Waals surface area contributed by atoms with Gasteiger partial charge in [0, 0.05) is 23.3 Å². The first kappa shape index (κ1) is 12.5. The summed E-state index contributed by atoms with van der Waals surface area (Å²) in [4.78, 5) is 17.3. The number of fused-ring (bicyclic) bond motifs is 1. The van der Waals surface area contributed by atoms with Crippen molar-refractivity contribution in [2.45, 2.75) is 6.42 Å². The number of thiazole rings is 1. The smallest absolute Gasteiger partial charge is 0.193 e. The van der Waals surface area contributed by atoms with E-state index in [1.807, 2.05) is 22.2 Å². The molecule has 0 aliphatic heterocycles. The first-order valence-corrected chi connectivity index (χ1v) is 7.20. The summed E-state index contributed by atoms with van der Waals surface area (Å²) in [5.41, 5.74) is 1.03. The topological polar surface area (TPSA) is 34.4 Å². The van der Waals surface area contributed by atoms with E-state index in [-0.39, 0.29) is 16.7 Å². The minimum absolute atomic E-state index is 0.155. The van der Waals surface area contributed by atoms with E-state index in [1.165, 1.54) is 23.5 Å². The van der Waals surface area contributed by atoms with Crippen LogP contribution in [-0.4, -0.2) is 15.2 Å². The molecular formula is C13H8BrFN2OS. The predicted octanol–water partition coefficient (Wildman–Crippen LogP) is 3.72. The Hall–Kier alpha value is -1.53. The maximum absolute atomic E-state index is 13.4. The number of aromatic nitrogens is 2. The third-order valence-electron chi connectivity index (χ3n) is 2.74. The van der Waals surface area contributed by atoms with Crippen LogP contribution in [0.5, 0.6) is 0 Å². The van der Waals surface area contributed by atoms with Gasteiger partial charge in [0.25, 0.3) is 0 Å². The van der Waals surface area contributed by atoms with Gasteiger partial charge in [-0.15, -0.1) is 11.3 Å². The fraction of sp³-hybridized carbons (Fsp3) is 0.0769. The van der Waals surface area contributed by atoms with Crippen molar-refractivity contribution in [3.63, 3.8) is 0 Å². The highest BCUT2D eigenvalue weighted by atomic mass is 79.9. The Morgan fingerprint density at radius 2 is 2.32 bits per heavy atom. The molecular weight excluding hydrogens is 331 g/mol. The molecule has 0 aliphatic carbocycles. The van der Waals surface area contributed by atoms with Crippen LogP contribution in [0.25, 0.3) is 4.96 Å². The van der Waals surface area contributed by atoms with E-state index < -0.39 is 5.82 Å². The van der Waals surface area contributed by atoms with Crippen LogP contribution >= 0.6 is 27.3 Å². The molecule has 3 rings (SSSR count). The van der Waals surface area contributed by atoms with Gasteiger partial charge < -0.3 is 0 Å². The molecule has 6 heteroatoms. The zero-order valence-corrected chi connectivity index (χ0v) is 12.0. The predicted molar refractivity (Wildman–Crippen MR) is 75.2 cm³/mol. The van der Waals surface area contributed by atoms with Gasteiger partial charge in [0.1, 0.15) is 5.82 Å². The first-order valence-electron chi connectivity index (χ1n) is 5.53. The summed E-state index contributed by atoms with van der Waals surface area (Å²) in [6, 6.07) is 4.44. The van der Waals surface area contributed by atoms with E-state index in [0.29, 0.717) is 11.3 Å². The summed E-state index contributed by atoms with van der Waals surface area (Å²) in [6.07, 6.45) is 3.87. The van der Waals surface area contributed by atoms with Crippen LogP contribution in [0.3, 0.4) is 0 Å². The molecule has 19 heavy (non-hydrogen) atoms. The highest BCUT2D eigenvalue weighted by molar-refractivity contribution is 9.10. The number of rotatable bonds is 3. The van der Waals surface area contributed by atoms with E-state index in [4.69, 9.17) is 0 Å². The molecule has 0 N–H and O–H groups in total. The van der Waals surface area contributed by atoms with Gasteiger partial charge in [-0.05, 0) is 22.0 Å². The summed E-state index contributed by atoms with van der Waals surface area (Å²) in [5.74, 6) is -0.589. The van der Waals surface area contributed by atoms with Gasteiger partial charge in [-0.3, -0.25) is 9.20 Å². The van der Waals surface area contributed by atoms with Gasteiger partial charge in [0.05, 0.1) is 16.6 Å². The first-order chi connectivity index (χ1) is 9.15. The van der Waals surface area contributed by atoms with Gasteiger partial charge in [0.2, 0.25) is 0 Å². The molecule has 0 saturated heterocycles. The molecule has 1 aromatic carbocycles. The lowest BCUT2D eigenvalue weighted by Crippen LogP contribution is -2.05. The Labute approximate surface area is 120 Å². The van der Waals surface area contributed by atoms with Gasteiger partial charge >= 0.3 is 0 Å². The van der Waals surface area contributed by atoms with Gasteiger partial charge in [-0.2, -0.15) is 0 Å². The van der Waals surface area contributed by atoms with Gasteiger partial charge in [0.15, 0.2) is 10.7 Å². The van der Waals surface area contributed by atoms with Crippen molar-refractivity contribution in [3.05, 3.63) is 57.5 Å². The number of nitrogens with zero attached hydrogens (tertiary/aromatic N) is 2. The molecule has 2 aromatic heterocycles. The second kappa shape index (κ2) is 4.86. The Kier molecular flexibility index (Phi) is 3.20. The van der Waals surface area contributed by atoms with Crippen molar-refractivity contribution in [2.75, 3.05) is 0 Å². The fourth-order valence-electron chi connectivity index (χ4n) is 1.84. The van der Waals surface area contributed by atoms with E-state index in [9.17, 15) is 9.18 Å². The van der Waals surface area contributed by atoms with Crippen LogP contribution in [-0.2, 0) is 6.42 Å². The molecule has 96 valence electrons. The number of benzene rings is 1. The van der Waals surface area contributed by atoms with Crippen LogP contribution < -0.4 is 0 Å². The number of Topliss-reactive ketones (excluding diaryl/α,β-unsaturated/α-hetero) is 1. The molecule has 0 radical (unpaired) electrons. The lowest BCUT2D eigenvalue weighted by atomic mass is 10.1. The summed E-state index contributed by atoms with van der Waals surface area (Å²) in [7, 11) is 0. The molecule has 2 heterocycles. The Morgan fingerprint density at radius 1 is 1.47 bits per heavy atom. The lowest BCUT2D eigenvalue weighted by Gasteiger charge is -2.02. The molecule has 0 saturated carbocycles. The number of ketones is 1. The number of imidazole rings is 1. The number of carbonyl (C=O) groups is 1. The second-order valence-corrected chi connectivity index (χ2v) is 5.69. The zero-order chi connectivity index (χ0) is 13.4. The average molecular weight is 339 g/mol. The van der Waals surface area contributed by atoms with Crippen LogP contribution in [0.1, 0.15) is 16.1 Å². The molecule has 0 fully saturated rings. The van der Waals surface area contributed by atoms with Crippen molar-refractivity contribution in [2.24, 2.45) is 0 Å². The van der Waals surface area contributed by atoms with Crippen molar-refractivity contribution in [1.82, 2.24) is 9.38 Å². The van der Waals surface area contributed by atoms with Crippen LogP contribution in [0.15, 0.2) is 40.4 Å². The molecule has 0 spiro atoms. The number of hydrogen-bond acceptors (Lipinski definition) is 3. The molecule has 0 atom stereocenters. The summed E-state index contributed by atoms with van der Waals surface area (Å²) >= 11 is 4.61. The van der Waals surface area contributed by atoms with E-state index in [2.05, 4.69) is 20.9 Å². The minimum atomic E-state index is -0.434. The molecule has 0 unspecified atom stereocenters. The molecule has 3 aromatic rings. The number of halogens is 2. The Morgan fingerprint density at radius 3 is 3.11 bits per heavy atom. The highest BCUT2D eigenvalue weighted by Gasteiger charge is 2.15. The maximum atomic E-state index is 13.4. The van der Waals surface area contributed by atoms with Crippen molar-refractivity contribution >= 4 is 38.0 Å². The monoisotopic (exact) mass is 338 g/mol. The molecule has 0 amide bonds. The number of hydrogen-bond donors (Lipinski definition) is 0. The largest absolute Gasteiger partial charge is 0.297 e. The normalized spacial score (nSPS) is 11.1. The third kappa shape index (κ3) is 2.33. The SMILES string of the molecule is O=C(Cc1cn2ccsc2n1)c1cccc(F)c1Br. The summed E-state index contributed by atoms with van der Waals surface area (Å²) in [6.45, 7) is 0. The van der Waals surface area contributed by atoms with Gasteiger partial charge in [-0.1, -0.05) is 12.1 Å². The minimum Gasteiger partial charge on any atom is -0.297 e. The highest BCUT2D eigenvalue weighted by Crippen LogP contribution is 2.22. The number of carbonyl (C=O) groups excluding carboxylic acids is 1. The standard InChI is InChI=1S/C13H8BrFN2OS/c14-12-9(2-1-3-10(12)15)11(18)6-8-7-17-4-5-19-13(17)16-8/h1-5,7H,6H2. The van der Waals surface area contributed by atoms with Crippen LogP contribution in [0, 0.1) is 5.82 Å². The Bertz CT molecular complexity index is 736. The quantitative estimate of drug-likeness (QED) is 0.682. The summed E-state index contributed by atoms with van der Waals surface area (Å²) in [5, 5.41) is 1.93. The summed E-state index contributed by atoms with van der Waals surface area (Å²) < 4.78 is 15.5.